The van der Waals surface area contributed by atoms with E-state index in [2.05, 4.69) is 21.2 Å². The van der Waals surface area contributed by atoms with E-state index < -0.39 is 6.10 Å². The molecule has 0 saturated carbocycles. The maximum absolute atomic E-state index is 11.6. The summed E-state index contributed by atoms with van der Waals surface area (Å²) in [6.07, 6.45) is -0.461. The molecule has 0 aliphatic heterocycles. The van der Waals surface area contributed by atoms with E-state index in [0.717, 1.165) is 10.2 Å². The van der Waals surface area contributed by atoms with Crippen molar-refractivity contribution < 1.29 is 9.90 Å². The molecule has 1 aromatic rings. The number of anilines is 1. The number of amides is 1. The minimum absolute atomic E-state index is 0.0910. The first-order valence-corrected chi connectivity index (χ1v) is 6.02. The predicted octanol–water partition coefficient (Wildman–Crippen LogP) is 2.79. The summed E-state index contributed by atoms with van der Waals surface area (Å²) in [6.45, 7) is 3.77. The van der Waals surface area contributed by atoms with Gasteiger partial charge >= 0.3 is 0 Å². The molecule has 4 heteroatoms. The fourth-order valence-corrected chi connectivity index (χ4v) is 1.60. The Labute approximate surface area is 104 Å². The van der Waals surface area contributed by atoms with Gasteiger partial charge in [-0.25, -0.2) is 0 Å². The molecule has 0 spiro atoms. The highest BCUT2D eigenvalue weighted by molar-refractivity contribution is 9.10. The highest BCUT2D eigenvalue weighted by Crippen LogP contribution is 2.16. The van der Waals surface area contributed by atoms with Crippen LogP contribution in [0.2, 0.25) is 0 Å². The molecule has 0 fully saturated rings. The molecule has 0 saturated heterocycles. The van der Waals surface area contributed by atoms with Gasteiger partial charge in [-0.3, -0.25) is 4.79 Å². The van der Waals surface area contributed by atoms with Crippen molar-refractivity contribution in [1.29, 1.82) is 0 Å². The molecule has 1 amide bonds. The number of aliphatic hydroxyl groups is 1. The predicted molar refractivity (Wildman–Crippen MR) is 68.2 cm³/mol. The van der Waals surface area contributed by atoms with Crippen LogP contribution in [0.3, 0.4) is 0 Å². The summed E-state index contributed by atoms with van der Waals surface area (Å²) in [5.74, 6) is -0.0763. The molecule has 0 heterocycles. The van der Waals surface area contributed by atoms with Gasteiger partial charge in [0.2, 0.25) is 5.91 Å². The molecule has 1 aromatic carbocycles. The molecule has 2 N–H and O–H groups in total. The summed E-state index contributed by atoms with van der Waals surface area (Å²) in [7, 11) is 0. The second kappa shape index (κ2) is 6.01. The molecule has 0 aromatic heterocycles. The van der Waals surface area contributed by atoms with Crippen LogP contribution < -0.4 is 5.32 Å². The number of benzene rings is 1. The Kier molecular flexibility index (Phi) is 4.96. The molecule has 0 radical (unpaired) electrons. The van der Waals surface area contributed by atoms with Crippen molar-refractivity contribution in [3.05, 3.63) is 28.7 Å². The van der Waals surface area contributed by atoms with Crippen LogP contribution in [0, 0.1) is 5.92 Å². The number of nitrogens with one attached hydrogen (secondary N) is 1. The topological polar surface area (TPSA) is 49.3 Å². The monoisotopic (exact) mass is 285 g/mol. The molecular formula is C12H16BrNO2. The molecular weight excluding hydrogens is 270 g/mol. The first-order valence-electron chi connectivity index (χ1n) is 5.22. The quantitative estimate of drug-likeness (QED) is 0.894. The van der Waals surface area contributed by atoms with Gasteiger partial charge in [-0.1, -0.05) is 35.8 Å². The SMILES string of the molecule is CC(C)C(O)CC(=O)Nc1cccc(Br)c1. The van der Waals surface area contributed by atoms with Gasteiger partial charge in [0.25, 0.3) is 0 Å². The first kappa shape index (κ1) is 13.2. The lowest BCUT2D eigenvalue weighted by molar-refractivity contribution is -0.118. The molecule has 0 aliphatic carbocycles. The van der Waals surface area contributed by atoms with Crippen molar-refractivity contribution in [2.45, 2.75) is 26.4 Å². The fourth-order valence-electron chi connectivity index (χ4n) is 1.20. The van der Waals surface area contributed by atoms with Crippen LogP contribution in [0.1, 0.15) is 20.3 Å². The van der Waals surface area contributed by atoms with Crippen molar-refractivity contribution in [3.8, 4) is 0 Å². The largest absolute Gasteiger partial charge is 0.392 e. The van der Waals surface area contributed by atoms with E-state index in [1.54, 1.807) is 0 Å². The zero-order chi connectivity index (χ0) is 12.1. The zero-order valence-electron chi connectivity index (χ0n) is 9.40. The first-order chi connectivity index (χ1) is 7.49. The van der Waals surface area contributed by atoms with Crippen LogP contribution >= 0.6 is 15.9 Å². The van der Waals surface area contributed by atoms with Crippen molar-refractivity contribution in [1.82, 2.24) is 0 Å². The molecule has 1 atom stereocenters. The highest BCUT2D eigenvalue weighted by Gasteiger charge is 2.14. The second-order valence-corrected chi connectivity index (χ2v) is 4.99. The van der Waals surface area contributed by atoms with Gasteiger partial charge in [0.1, 0.15) is 0 Å². The second-order valence-electron chi connectivity index (χ2n) is 4.07. The molecule has 1 rings (SSSR count). The summed E-state index contributed by atoms with van der Waals surface area (Å²) < 4.78 is 0.912. The Morgan fingerprint density at radius 2 is 2.19 bits per heavy atom. The van der Waals surface area contributed by atoms with Crippen molar-refractivity contribution in [2.24, 2.45) is 5.92 Å². The van der Waals surface area contributed by atoms with Gasteiger partial charge in [0, 0.05) is 10.2 Å². The van der Waals surface area contributed by atoms with Crippen LogP contribution in [0.25, 0.3) is 0 Å². The number of rotatable bonds is 4. The molecule has 1 unspecified atom stereocenters. The van der Waals surface area contributed by atoms with Gasteiger partial charge < -0.3 is 10.4 Å². The van der Waals surface area contributed by atoms with Crippen molar-refractivity contribution in [2.75, 3.05) is 5.32 Å². The van der Waals surface area contributed by atoms with E-state index in [9.17, 15) is 9.90 Å². The van der Waals surface area contributed by atoms with Crippen LogP contribution in [-0.4, -0.2) is 17.1 Å². The van der Waals surface area contributed by atoms with E-state index in [1.807, 2.05) is 38.1 Å². The van der Waals surface area contributed by atoms with Gasteiger partial charge in [-0.2, -0.15) is 0 Å². The van der Waals surface area contributed by atoms with Crippen LogP contribution in [0.4, 0.5) is 5.69 Å². The summed E-state index contributed by atoms with van der Waals surface area (Å²) >= 11 is 3.33. The summed E-state index contributed by atoms with van der Waals surface area (Å²) in [5, 5.41) is 12.3. The third kappa shape index (κ3) is 4.33. The van der Waals surface area contributed by atoms with Gasteiger partial charge in [0.05, 0.1) is 12.5 Å². The Morgan fingerprint density at radius 1 is 1.50 bits per heavy atom. The van der Waals surface area contributed by atoms with E-state index in [-0.39, 0.29) is 18.2 Å². The number of aliphatic hydroxyl groups excluding tert-OH is 1. The van der Waals surface area contributed by atoms with Gasteiger partial charge in [0.15, 0.2) is 0 Å². The average Bonchev–Trinajstić information content (AvgIpc) is 2.16. The molecule has 16 heavy (non-hydrogen) atoms. The lowest BCUT2D eigenvalue weighted by Gasteiger charge is -2.14. The number of carbonyl (C=O) groups excluding carboxylic acids is 1. The average molecular weight is 286 g/mol. The normalized spacial score (nSPS) is 12.6. The summed E-state index contributed by atoms with van der Waals surface area (Å²) in [4.78, 5) is 11.6. The lowest BCUT2D eigenvalue weighted by atomic mass is 10.0. The van der Waals surface area contributed by atoms with Crippen molar-refractivity contribution in [3.63, 3.8) is 0 Å². The lowest BCUT2D eigenvalue weighted by Crippen LogP contribution is -2.23. The molecule has 88 valence electrons. The van der Waals surface area contributed by atoms with E-state index in [1.165, 1.54) is 0 Å². The van der Waals surface area contributed by atoms with Gasteiger partial charge in [-0.15, -0.1) is 0 Å². The number of halogens is 1. The number of hydrogen-bond acceptors (Lipinski definition) is 2. The summed E-state index contributed by atoms with van der Waals surface area (Å²) in [6, 6.07) is 7.36. The number of carbonyl (C=O) groups is 1. The summed E-state index contributed by atoms with van der Waals surface area (Å²) in [5.41, 5.74) is 0.732. The Bertz CT molecular complexity index is 366. The van der Waals surface area contributed by atoms with Crippen LogP contribution in [0.5, 0.6) is 0 Å². The molecule has 0 bridgehead atoms. The van der Waals surface area contributed by atoms with E-state index in [4.69, 9.17) is 0 Å². The standard InChI is InChI=1S/C12H16BrNO2/c1-8(2)11(15)7-12(16)14-10-5-3-4-9(13)6-10/h3-6,8,11,15H,7H2,1-2H3,(H,14,16). The Balaban J connectivity index is 2.52. The minimum Gasteiger partial charge on any atom is -0.392 e. The van der Waals surface area contributed by atoms with Crippen molar-refractivity contribution >= 4 is 27.5 Å². The maximum Gasteiger partial charge on any atom is 0.226 e. The van der Waals surface area contributed by atoms with E-state index >= 15 is 0 Å². The third-order valence-electron chi connectivity index (χ3n) is 2.27. The minimum atomic E-state index is -0.591. The zero-order valence-corrected chi connectivity index (χ0v) is 11.0. The highest BCUT2D eigenvalue weighted by atomic mass is 79.9. The fraction of sp³-hybridized carbons (Fsp3) is 0.417. The maximum atomic E-state index is 11.6. The Morgan fingerprint density at radius 3 is 2.75 bits per heavy atom. The molecule has 0 aliphatic rings. The smallest absolute Gasteiger partial charge is 0.226 e. The van der Waals surface area contributed by atoms with Gasteiger partial charge in [-0.05, 0) is 24.1 Å². The van der Waals surface area contributed by atoms with Crippen LogP contribution in [0.15, 0.2) is 28.7 Å². The van der Waals surface area contributed by atoms with Crippen LogP contribution in [-0.2, 0) is 4.79 Å². The number of hydrogen-bond donors (Lipinski definition) is 2. The molecule has 3 nitrogen and oxygen atoms in total. The Hall–Kier alpha value is -0.870. The third-order valence-corrected chi connectivity index (χ3v) is 2.77. The van der Waals surface area contributed by atoms with E-state index in [0.29, 0.717) is 0 Å².